The Labute approximate surface area is 68.0 Å². The standard InChI is InChI=1S/C6H10O6/c7-3-4(8)6(10)2-12-5(3,9)1-11-6/h3-4,7-10H,1-2H2. The van der Waals surface area contributed by atoms with Crippen molar-refractivity contribution in [2.24, 2.45) is 0 Å². The number of hydrogen-bond acceptors (Lipinski definition) is 6. The Hall–Kier alpha value is -0.240. The summed E-state index contributed by atoms with van der Waals surface area (Å²) < 4.78 is 9.44. The maximum Gasteiger partial charge on any atom is 0.219 e. The summed E-state index contributed by atoms with van der Waals surface area (Å²) in [7, 11) is 0. The van der Waals surface area contributed by atoms with Gasteiger partial charge in [0.15, 0.2) is 0 Å². The van der Waals surface area contributed by atoms with Crippen molar-refractivity contribution in [1.82, 2.24) is 0 Å². The molecule has 70 valence electrons. The third kappa shape index (κ3) is 0.846. The molecule has 3 fully saturated rings. The summed E-state index contributed by atoms with van der Waals surface area (Å²) in [6.07, 6.45) is -3.07. The molecule has 3 heterocycles. The predicted octanol–water partition coefficient (Wildman–Crippen LogP) is -2.85. The van der Waals surface area contributed by atoms with E-state index in [1.165, 1.54) is 0 Å². The van der Waals surface area contributed by atoms with Gasteiger partial charge < -0.3 is 29.9 Å². The summed E-state index contributed by atoms with van der Waals surface area (Å²) in [6, 6.07) is 0. The van der Waals surface area contributed by atoms with Crippen LogP contribution >= 0.6 is 0 Å². The molecular weight excluding hydrogens is 168 g/mol. The largest absolute Gasteiger partial charge is 0.384 e. The van der Waals surface area contributed by atoms with E-state index in [0.29, 0.717) is 0 Å². The monoisotopic (exact) mass is 178 g/mol. The fourth-order valence-electron chi connectivity index (χ4n) is 1.37. The van der Waals surface area contributed by atoms with Crippen LogP contribution in [0.3, 0.4) is 0 Å². The molecule has 6 heteroatoms. The SMILES string of the molecule is OC1C(O)C2(O)COC1(O)CO2. The normalized spacial score (nSPS) is 59.0. The Bertz CT molecular complexity index is 174. The molecule has 3 saturated heterocycles. The van der Waals surface area contributed by atoms with E-state index in [9.17, 15) is 20.4 Å². The lowest BCUT2D eigenvalue weighted by molar-refractivity contribution is -0.459. The minimum absolute atomic E-state index is 0.346. The first-order valence-electron chi connectivity index (χ1n) is 3.57. The van der Waals surface area contributed by atoms with Gasteiger partial charge in [-0.25, -0.2) is 0 Å². The summed E-state index contributed by atoms with van der Waals surface area (Å²) in [6.45, 7) is -0.691. The second kappa shape index (κ2) is 2.16. The fourth-order valence-corrected chi connectivity index (χ4v) is 1.37. The van der Waals surface area contributed by atoms with Gasteiger partial charge in [-0.2, -0.15) is 0 Å². The minimum Gasteiger partial charge on any atom is -0.384 e. The lowest BCUT2D eigenvalue weighted by Crippen LogP contribution is -2.74. The van der Waals surface area contributed by atoms with Gasteiger partial charge in [-0.15, -0.1) is 0 Å². The molecule has 0 aliphatic carbocycles. The van der Waals surface area contributed by atoms with E-state index < -0.39 is 23.8 Å². The number of rotatable bonds is 0. The van der Waals surface area contributed by atoms with Gasteiger partial charge in [0.2, 0.25) is 11.6 Å². The molecule has 4 atom stereocenters. The maximum atomic E-state index is 9.40. The van der Waals surface area contributed by atoms with Crippen LogP contribution in [-0.4, -0.2) is 57.4 Å². The highest BCUT2D eigenvalue weighted by Crippen LogP contribution is 2.36. The summed E-state index contributed by atoms with van der Waals surface area (Å²) in [4.78, 5) is 0. The first-order chi connectivity index (χ1) is 5.48. The molecule has 6 nitrogen and oxygen atoms in total. The van der Waals surface area contributed by atoms with Crippen molar-refractivity contribution in [2.75, 3.05) is 13.2 Å². The Kier molecular flexibility index (Phi) is 1.51. The van der Waals surface area contributed by atoms with Gasteiger partial charge in [0.25, 0.3) is 0 Å². The Morgan fingerprint density at radius 3 is 1.50 bits per heavy atom. The summed E-state index contributed by atoms with van der Waals surface area (Å²) in [5.41, 5.74) is 0. The third-order valence-electron chi connectivity index (χ3n) is 2.28. The quantitative estimate of drug-likeness (QED) is 0.318. The first-order valence-corrected chi connectivity index (χ1v) is 3.57. The van der Waals surface area contributed by atoms with Crippen LogP contribution in [0.2, 0.25) is 0 Å². The molecule has 2 bridgehead atoms. The predicted molar refractivity (Wildman–Crippen MR) is 33.8 cm³/mol. The van der Waals surface area contributed by atoms with Crippen molar-refractivity contribution in [2.45, 2.75) is 23.8 Å². The molecule has 0 aromatic carbocycles. The molecule has 0 radical (unpaired) electrons. The Morgan fingerprint density at radius 2 is 1.25 bits per heavy atom. The third-order valence-corrected chi connectivity index (χ3v) is 2.28. The van der Waals surface area contributed by atoms with Gasteiger partial charge in [-0.05, 0) is 0 Å². The number of fused-ring (bicyclic) bond motifs is 3. The topological polar surface area (TPSA) is 99.4 Å². The van der Waals surface area contributed by atoms with Crippen LogP contribution < -0.4 is 0 Å². The maximum absolute atomic E-state index is 9.40. The van der Waals surface area contributed by atoms with Crippen molar-refractivity contribution in [1.29, 1.82) is 0 Å². The molecule has 3 rings (SSSR count). The van der Waals surface area contributed by atoms with Gasteiger partial charge in [0, 0.05) is 0 Å². The molecule has 4 unspecified atom stereocenters. The first kappa shape index (κ1) is 8.36. The van der Waals surface area contributed by atoms with Crippen molar-refractivity contribution < 1.29 is 29.9 Å². The lowest BCUT2D eigenvalue weighted by Gasteiger charge is -2.52. The summed E-state index contributed by atoms with van der Waals surface area (Å²) in [5, 5.41) is 37.3. The fraction of sp³-hybridized carbons (Fsp3) is 1.00. The Morgan fingerprint density at radius 1 is 0.917 bits per heavy atom. The lowest BCUT2D eigenvalue weighted by atomic mass is 9.91. The summed E-state index contributed by atoms with van der Waals surface area (Å²) >= 11 is 0. The highest BCUT2D eigenvalue weighted by molar-refractivity contribution is 5.00. The number of aliphatic hydroxyl groups excluding tert-OH is 2. The molecule has 0 saturated carbocycles. The van der Waals surface area contributed by atoms with E-state index in [2.05, 4.69) is 0 Å². The molecule has 3 aliphatic rings. The van der Waals surface area contributed by atoms with Crippen molar-refractivity contribution in [3.8, 4) is 0 Å². The molecule has 3 aliphatic heterocycles. The highest BCUT2D eigenvalue weighted by atomic mass is 16.7. The average Bonchev–Trinajstić information content (AvgIpc) is 2.06. The molecule has 4 N–H and O–H groups in total. The van der Waals surface area contributed by atoms with E-state index in [0.717, 1.165) is 0 Å². The molecule has 0 aromatic rings. The highest BCUT2D eigenvalue weighted by Gasteiger charge is 2.61. The van der Waals surface area contributed by atoms with Crippen molar-refractivity contribution in [3.63, 3.8) is 0 Å². The van der Waals surface area contributed by atoms with Gasteiger partial charge >= 0.3 is 0 Å². The van der Waals surface area contributed by atoms with Crippen LogP contribution in [0, 0.1) is 0 Å². The second-order valence-electron chi connectivity index (χ2n) is 3.16. The van der Waals surface area contributed by atoms with Crippen LogP contribution in [0.1, 0.15) is 0 Å². The van der Waals surface area contributed by atoms with Crippen LogP contribution in [0.15, 0.2) is 0 Å². The Balaban J connectivity index is 2.30. The van der Waals surface area contributed by atoms with Gasteiger partial charge in [-0.3, -0.25) is 0 Å². The second-order valence-corrected chi connectivity index (χ2v) is 3.16. The van der Waals surface area contributed by atoms with Crippen LogP contribution in [0.5, 0.6) is 0 Å². The van der Waals surface area contributed by atoms with Gasteiger partial charge in [-0.1, -0.05) is 0 Å². The molecule has 0 aromatic heterocycles. The number of hydrogen-bond donors (Lipinski definition) is 4. The zero-order valence-electron chi connectivity index (χ0n) is 6.17. The molecular formula is C6H10O6. The smallest absolute Gasteiger partial charge is 0.219 e. The molecule has 0 amide bonds. The molecule has 0 spiro atoms. The van der Waals surface area contributed by atoms with E-state index in [1.807, 2.05) is 0 Å². The minimum atomic E-state index is -1.89. The molecule has 12 heavy (non-hydrogen) atoms. The van der Waals surface area contributed by atoms with Gasteiger partial charge in [0.05, 0.1) is 0 Å². The van der Waals surface area contributed by atoms with Gasteiger partial charge in [0.1, 0.15) is 25.4 Å². The van der Waals surface area contributed by atoms with E-state index in [1.54, 1.807) is 0 Å². The van der Waals surface area contributed by atoms with Crippen LogP contribution in [0.25, 0.3) is 0 Å². The van der Waals surface area contributed by atoms with E-state index >= 15 is 0 Å². The van der Waals surface area contributed by atoms with E-state index in [4.69, 9.17) is 9.47 Å². The number of ether oxygens (including phenoxy) is 2. The summed E-state index contributed by atoms with van der Waals surface area (Å²) in [5.74, 6) is -3.77. The van der Waals surface area contributed by atoms with Crippen LogP contribution in [0.4, 0.5) is 0 Å². The van der Waals surface area contributed by atoms with Crippen molar-refractivity contribution >= 4 is 0 Å². The van der Waals surface area contributed by atoms with Crippen LogP contribution in [-0.2, 0) is 9.47 Å². The zero-order valence-corrected chi connectivity index (χ0v) is 6.17. The van der Waals surface area contributed by atoms with E-state index in [-0.39, 0.29) is 13.2 Å². The average molecular weight is 178 g/mol. The zero-order chi connectivity index (χ0) is 8.98. The number of aliphatic hydroxyl groups is 4. The van der Waals surface area contributed by atoms with Crippen molar-refractivity contribution in [3.05, 3.63) is 0 Å².